The van der Waals surface area contributed by atoms with Crippen LogP contribution < -0.4 is 0 Å². The Kier molecular flexibility index (Phi) is 15.7. The Morgan fingerprint density at radius 2 is 0.833 bits per heavy atom. The van der Waals surface area contributed by atoms with Crippen molar-refractivity contribution >= 4 is 11.9 Å². The number of ether oxygens (including phenoxy) is 2. The van der Waals surface area contributed by atoms with Crippen molar-refractivity contribution < 1.29 is 19.1 Å². The van der Waals surface area contributed by atoms with Gasteiger partial charge in [-0.05, 0) is 37.1 Å². The van der Waals surface area contributed by atoms with Gasteiger partial charge in [0.25, 0.3) is 0 Å². The van der Waals surface area contributed by atoms with Crippen LogP contribution in [0.2, 0.25) is 0 Å². The second-order valence-corrected chi connectivity index (χ2v) is 8.09. The highest BCUT2D eigenvalue weighted by Crippen LogP contribution is 2.11. The fourth-order valence-corrected chi connectivity index (χ4v) is 3.36. The highest BCUT2D eigenvalue weighted by atomic mass is 16.5. The predicted octanol–water partition coefficient (Wildman–Crippen LogP) is 7.50. The summed E-state index contributed by atoms with van der Waals surface area (Å²) in [6.07, 6.45) is 16.6. The lowest BCUT2D eigenvalue weighted by atomic mass is 10.1. The van der Waals surface area contributed by atoms with E-state index in [4.69, 9.17) is 9.47 Å². The van der Waals surface area contributed by atoms with Crippen LogP contribution in [0.4, 0.5) is 0 Å². The Labute approximate surface area is 183 Å². The van der Waals surface area contributed by atoms with Crippen LogP contribution in [-0.4, -0.2) is 25.2 Å². The lowest BCUT2D eigenvalue weighted by Gasteiger charge is -2.07. The summed E-state index contributed by atoms with van der Waals surface area (Å²) in [5, 5.41) is 0. The summed E-state index contributed by atoms with van der Waals surface area (Å²) in [7, 11) is 0. The van der Waals surface area contributed by atoms with E-state index in [0.717, 1.165) is 25.7 Å². The van der Waals surface area contributed by atoms with Gasteiger partial charge in [-0.2, -0.15) is 0 Å². The second-order valence-electron chi connectivity index (χ2n) is 8.09. The molecule has 0 heterocycles. The van der Waals surface area contributed by atoms with E-state index in [1.165, 1.54) is 64.2 Å². The average molecular weight is 419 g/mol. The Morgan fingerprint density at radius 1 is 0.533 bits per heavy atom. The van der Waals surface area contributed by atoms with Gasteiger partial charge in [0.15, 0.2) is 0 Å². The summed E-state index contributed by atoms with van der Waals surface area (Å²) in [5.41, 5.74) is 0.947. The van der Waals surface area contributed by atoms with Crippen molar-refractivity contribution in [2.24, 2.45) is 0 Å². The SMILES string of the molecule is CCCCCCCCCOC(=O)c1ccc(C(=O)OCCCCCCCCC)cc1. The summed E-state index contributed by atoms with van der Waals surface area (Å²) in [4.78, 5) is 24.2. The van der Waals surface area contributed by atoms with Crippen molar-refractivity contribution in [3.63, 3.8) is 0 Å². The van der Waals surface area contributed by atoms with Crippen LogP contribution in [0.15, 0.2) is 24.3 Å². The minimum atomic E-state index is -0.330. The van der Waals surface area contributed by atoms with Gasteiger partial charge in [-0.3, -0.25) is 0 Å². The van der Waals surface area contributed by atoms with E-state index < -0.39 is 0 Å². The van der Waals surface area contributed by atoms with Crippen LogP contribution in [0, 0.1) is 0 Å². The van der Waals surface area contributed by atoms with Crippen LogP contribution in [0.25, 0.3) is 0 Å². The van der Waals surface area contributed by atoms with E-state index in [1.54, 1.807) is 24.3 Å². The molecule has 1 aromatic carbocycles. The highest BCUT2D eigenvalue weighted by Gasteiger charge is 2.11. The minimum absolute atomic E-state index is 0.330. The van der Waals surface area contributed by atoms with Crippen molar-refractivity contribution in [1.82, 2.24) is 0 Å². The highest BCUT2D eigenvalue weighted by molar-refractivity contribution is 5.93. The van der Waals surface area contributed by atoms with Gasteiger partial charge in [0, 0.05) is 0 Å². The number of hydrogen-bond donors (Lipinski definition) is 0. The number of benzene rings is 1. The molecule has 4 heteroatoms. The summed E-state index contributed by atoms with van der Waals surface area (Å²) in [6, 6.07) is 6.55. The fourth-order valence-electron chi connectivity index (χ4n) is 3.36. The van der Waals surface area contributed by atoms with Gasteiger partial charge in [0.2, 0.25) is 0 Å². The molecule has 0 bridgehead atoms. The normalized spacial score (nSPS) is 10.7. The van der Waals surface area contributed by atoms with Crippen molar-refractivity contribution in [1.29, 1.82) is 0 Å². The van der Waals surface area contributed by atoms with E-state index in [9.17, 15) is 9.59 Å². The molecule has 0 fully saturated rings. The molecule has 1 rings (SSSR count). The molecule has 4 nitrogen and oxygen atoms in total. The largest absolute Gasteiger partial charge is 0.462 e. The molecule has 0 amide bonds. The summed E-state index contributed by atoms with van der Waals surface area (Å²) < 4.78 is 10.7. The quantitative estimate of drug-likeness (QED) is 0.183. The maximum atomic E-state index is 12.1. The summed E-state index contributed by atoms with van der Waals surface area (Å²) in [6.45, 7) is 5.34. The number of unbranched alkanes of at least 4 members (excludes halogenated alkanes) is 12. The number of carbonyl (C=O) groups is 2. The van der Waals surface area contributed by atoms with E-state index in [-0.39, 0.29) is 11.9 Å². The van der Waals surface area contributed by atoms with Gasteiger partial charge < -0.3 is 9.47 Å². The van der Waals surface area contributed by atoms with Gasteiger partial charge >= 0.3 is 11.9 Å². The molecule has 1 aromatic rings. The fraction of sp³-hybridized carbons (Fsp3) is 0.692. The number of esters is 2. The standard InChI is InChI=1S/C26H42O4/c1-3-5-7-9-11-13-15-21-29-25(27)23-17-19-24(20-18-23)26(28)30-22-16-14-12-10-8-6-4-2/h17-20H,3-16,21-22H2,1-2H3. The minimum Gasteiger partial charge on any atom is -0.462 e. The summed E-state index contributed by atoms with van der Waals surface area (Å²) in [5.74, 6) is -0.659. The van der Waals surface area contributed by atoms with Crippen LogP contribution in [0.1, 0.15) is 124 Å². The Balaban J connectivity index is 2.16. The Bertz CT molecular complexity index is 514. The molecule has 0 aliphatic carbocycles. The Hall–Kier alpha value is -1.84. The molecule has 0 aliphatic heterocycles. The number of rotatable bonds is 18. The molecule has 0 atom stereocenters. The molecule has 0 aromatic heterocycles. The first-order chi connectivity index (χ1) is 14.7. The molecule has 0 spiro atoms. The molecule has 170 valence electrons. The van der Waals surface area contributed by atoms with E-state index in [0.29, 0.717) is 24.3 Å². The third-order valence-corrected chi connectivity index (χ3v) is 5.32. The van der Waals surface area contributed by atoms with Crippen molar-refractivity contribution in [3.8, 4) is 0 Å². The van der Waals surface area contributed by atoms with Gasteiger partial charge in [-0.1, -0.05) is 90.9 Å². The van der Waals surface area contributed by atoms with E-state index in [2.05, 4.69) is 13.8 Å². The van der Waals surface area contributed by atoms with Crippen molar-refractivity contribution in [3.05, 3.63) is 35.4 Å². The lowest BCUT2D eigenvalue weighted by molar-refractivity contribution is 0.0483. The maximum absolute atomic E-state index is 12.1. The van der Waals surface area contributed by atoms with Crippen LogP contribution >= 0.6 is 0 Å². The lowest BCUT2D eigenvalue weighted by Crippen LogP contribution is -2.09. The van der Waals surface area contributed by atoms with E-state index >= 15 is 0 Å². The predicted molar refractivity (Wildman–Crippen MR) is 123 cm³/mol. The molecule has 0 saturated carbocycles. The molecule has 0 radical (unpaired) electrons. The van der Waals surface area contributed by atoms with Crippen molar-refractivity contribution in [2.75, 3.05) is 13.2 Å². The average Bonchev–Trinajstić information content (AvgIpc) is 2.77. The zero-order valence-corrected chi connectivity index (χ0v) is 19.3. The third-order valence-electron chi connectivity index (χ3n) is 5.32. The molecule has 0 unspecified atom stereocenters. The Morgan fingerprint density at radius 3 is 1.17 bits per heavy atom. The molecule has 0 aliphatic rings. The zero-order chi connectivity index (χ0) is 21.9. The van der Waals surface area contributed by atoms with E-state index in [1.807, 2.05) is 0 Å². The first-order valence-electron chi connectivity index (χ1n) is 12.1. The zero-order valence-electron chi connectivity index (χ0n) is 19.3. The molecular weight excluding hydrogens is 376 g/mol. The monoisotopic (exact) mass is 418 g/mol. The van der Waals surface area contributed by atoms with Gasteiger partial charge in [0.05, 0.1) is 24.3 Å². The van der Waals surface area contributed by atoms with Crippen LogP contribution in [0.5, 0.6) is 0 Å². The second kappa shape index (κ2) is 18.0. The van der Waals surface area contributed by atoms with Gasteiger partial charge in [-0.15, -0.1) is 0 Å². The first kappa shape index (κ1) is 26.2. The smallest absolute Gasteiger partial charge is 0.338 e. The molecule has 0 saturated heterocycles. The molecule has 0 N–H and O–H groups in total. The van der Waals surface area contributed by atoms with Crippen LogP contribution in [0.3, 0.4) is 0 Å². The van der Waals surface area contributed by atoms with Gasteiger partial charge in [0.1, 0.15) is 0 Å². The molecular formula is C26H42O4. The number of carbonyl (C=O) groups excluding carboxylic acids is 2. The third kappa shape index (κ3) is 12.7. The number of hydrogen-bond acceptors (Lipinski definition) is 4. The molecule has 30 heavy (non-hydrogen) atoms. The van der Waals surface area contributed by atoms with Crippen molar-refractivity contribution in [2.45, 2.75) is 104 Å². The van der Waals surface area contributed by atoms with Gasteiger partial charge in [-0.25, -0.2) is 9.59 Å². The summed E-state index contributed by atoms with van der Waals surface area (Å²) >= 11 is 0. The first-order valence-corrected chi connectivity index (χ1v) is 12.1. The van der Waals surface area contributed by atoms with Crippen LogP contribution in [-0.2, 0) is 9.47 Å². The maximum Gasteiger partial charge on any atom is 0.338 e. The topological polar surface area (TPSA) is 52.6 Å².